The van der Waals surface area contributed by atoms with Crippen molar-refractivity contribution in [1.29, 1.82) is 0 Å². The summed E-state index contributed by atoms with van der Waals surface area (Å²) >= 11 is 1.82. The number of benzene rings is 7. The van der Waals surface area contributed by atoms with Crippen LogP contribution in [0.5, 0.6) is 0 Å². The third kappa shape index (κ3) is 4.61. The maximum absolute atomic E-state index is 6.38. The van der Waals surface area contributed by atoms with E-state index >= 15 is 0 Å². The fraction of sp³-hybridized carbons (Fsp3) is 0.0444. The summed E-state index contributed by atoms with van der Waals surface area (Å²) in [7, 11) is 0. The molecule has 51 heavy (non-hydrogen) atoms. The number of nitrogens with one attached hydrogen (secondary N) is 2. The molecule has 2 N–H and O–H groups in total. The summed E-state index contributed by atoms with van der Waals surface area (Å²) in [6.07, 6.45) is -0.381. The zero-order chi connectivity index (χ0) is 33.5. The van der Waals surface area contributed by atoms with Crippen LogP contribution in [0.3, 0.4) is 0 Å². The Bertz CT molecular complexity index is 3010. The highest BCUT2D eigenvalue weighted by Crippen LogP contribution is 2.41. The van der Waals surface area contributed by atoms with Gasteiger partial charge in [0.05, 0.1) is 0 Å². The number of amidine groups is 1. The first-order chi connectivity index (χ1) is 25.2. The fourth-order valence-corrected chi connectivity index (χ4v) is 8.86. The third-order valence-electron chi connectivity index (χ3n) is 10.2. The molecule has 0 saturated heterocycles. The van der Waals surface area contributed by atoms with Crippen LogP contribution < -0.4 is 10.6 Å². The molecular formula is C45H29N3O2S. The van der Waals surface area contributed by atoms with E-state index in [0.29, 0.717) is 0 Å². The number of rotatable bonds is 4. The number of thiophene rings is 1. The van der Waals surface area contributed by atoms with Crippen molar-refractivity contribution in [2.75, 3.05) is 0 Å². The highest BCUT2D eigenvalue weighted by molar-refractivity contribution is 7.25. The molecule has 0 bridgehead atoms. The Morgan fingerprint density at radius 3 is 1.98 bits per heavy atom. The zero-order valence-electron chi connectivity index (χ0n) is 27.3. The Labute approximate surface area is 296 Å². The van der Waals surface area contributed by atoms with Gasteiger partial charge in [-0.25, -0.2) is 4.99 Å². The number of fused-ring (bicyclic) bond motifs is 9. The van der Waals surface area contributed by atoms with Crippen molar-refractivity contribution in [2.24, 2.45) is 4.99 Å². The molecule has 0 radical (unpaired) electrons. The number of furan rings is 2. The van der Waals surface area contributed by atoms with Gasteiger partial charge in [-0.2, -0.15) is 0 Å². The van der Waals surface area contributed by atoms with Crippen LogP contribution in [0, 0.1) is 0 Å². The summed E-state index contributed by atoms with van der Waals surface area (Å²) in [5.41, 5.74) is 9.18. The van der Waals surface area contributed by atoms with E-state index in [0.717, 1.165) is 77.5 Å². The Morgan fingerprint density at radius 1 is 0.490 bits per heavy atom. The van der Waals surface area contributed by atoms with E-state index in [9.17, 15) is 0 Å². The molecule has 10 aromatic rings. The number of hydrogen-bond acceptors (Lipinski definition) is 6. The van der Waals surface area contributed by atoms with E-state index in [1.165, 1.54) is 20.2 Å². The van der Waals surface area contributed by atoms with Gasteiger partial charge in [-0.3, -0.25) is 5.32 Å². The summed E-state index contributed by atoms with van der Waals surface area (Å²) in [5.74, 6) is 0.862. The standard InChI is InChI=1S/C45H29N3O2S/c1-2-9-26(10-3-1)43-46-44(28-19-22-39-36(23-28)32-12-5-6-15-37(32)49-39)48-45(47-43)29-18-21-34-33-20-17-27(24-40(33)51-41(34)25-29)30-13-8-14-35-31-11-4-7-16-38(31)50-42(30)35/h1-25,43-44,46H,(H,47,48). The van der Waals surface area contributed by atoms with Gasteiger partial charge >= 0.3 is 0 Å². The molecule has 0 spiro atoms. The van der Waals surface area contributed by atoms with Crippen molar-refractivity contribution in [3.05, 3.63) is 168 Å². The van der Waals surface area contributed by atoms with Crippen molar-refractivity contribution < 1.29 is 8.83 Å². The molecule has 1 aliphatic rings. The largest absolute Gasteiger partial charge is 0.456 e. The molecule has 2 atom stereocenters. The number of para-hydroxylation sites is 3. The molecule has 242 valence electrons. The molecule has 6 heteroatoms. The van der Waals surface area contributed by atoms with Gasteiger partial charge in [0.15, 0.2) is 0 Å². The van der Waals surface area contributed by atoms with Crippen LogP contribution in [0.1, 0.15) is 29.0 Å². The van der Waals surface area contributed by atoms with E-state index in [-0.39, 0.29) is 12.3 Å². The summed E-state index contributed by atoms with van der Waals surface area (Å²) < 4.78 is 15.0. The average molecular weight is 676 g/mol. The van der Waals surface area contributed by atoms with Gasteiger partial charge in [0.1, 0.15) is 40.5 Å². The summed E-state index contributed by atoms with van der Waals surface area (Å²) in [6.45, 7) is 0. The first-order valence-electron chi connectivity index (χ1n) is 17.2. The predicted octanol–water partition coefficient (Wildman–Crippen LogP) is 11.9. The second kappa shape index (κ2) is 11.2. The highest BCUT2D eigenvalue weighted by Gasteiger charge is 2.26. The minimum absolute atomic E-state index is 0.123. The molecule has 0 amide bonds. The minimum atomic E-state index is -0.258. The number of nitrogens with zero attached hydrogens (tertiary/aromatic N) is 1. The lowest BCUT2D eigenvalue weighted by Crippen LogP contribution is -2.44. The topological polar surface area (TPSA) is 62.7 Å². The minimum Gasteiger partial charge on any atom is -0.456 e. The molecule has 0 aliphatic carbocycles. The van der Waals surface area contributed by atoms with Crippen LogP contribution >= 0.6 is 11.3 Å². The van der Waals surface area contributed by atoms with E-state index < -0.39 is 0 Å². The Balaban J connectivity index is 1.00. The molecule has 7 aromatic carbocycles. The Kier molecular flexibility index (Phi) is 6.26. The lowest BCUT2D eigenvalue weighted by Gasteiger charge is -2.32. The van der Waals surface area contributed by atoms with Gasteiger partial charge in [0.2, 0.25) is 0 Å². The summed E-state index contributed by atoms with van der Waals surface area (Å²) in [4.78, 5) is 5.29. The molecule has 0 fully saturated rings. The maximum atomic E-state index is 6.38. The van der Waals surface area contributed by atoms with E-state index in [2.05, 4.69) is 138 Å². The second-order valence-electron chi connectivity index (χ2n) is 13.2. The fourth-order valence-electron chi connectivity index (χ4n) is 7.67. The monoisotopic (exact) mass is 675 g/mol. The van der Waals surface area contributed by atoms with Crippen LogP contribution in [0.2, 0.25) is 0 Å². The van der Waals surface area contributed by atoms with Crippen molar-refractivity contribution >= 4 is 81.2 Å². The van der Waals surface area contributed by atoms with Crippen molar-refractivity contribution in [3.8, 4) is 11.1 Å². The van der Waals surface area contributed by atoms with E-state index in [1.807, 2.05) is 35.6 Å². The van der Waals surface area contributed by atoms with Crippen molar-refractivity contribution in [1.82, 2.24) is 10.6 Å². The van der Waals surface area contributed by atoms with Crippen LogP contribution in [0.15, 0.2) is 165 Å². The SMILES string of the molecule is c1ccc(C2NC(c3ccc4c(c3)sc3cc(-c5cccc6c5oc5ccccc56)ccc34)=NC(c3ccc4oc5ccccc5c4c3)N2)cc1. The molecule has 5 nitrogen and oxygen atoms in total. The Hall–Kier alpha value is -6.21. The highest BCUT2D eigenvalue weighted by atomic mass is 32.1. The molecule has 4 heterocycles. The quantitative estimate of drug-likeness (QED) is 0.195. The normalized spacial score (nSPS) is 16.4. The van der Waals surface area contributed by atoms with Crippen LogP contribution in [-0.2, 0) is 0 Å². The van der Waals surface area contributed by atoms with E-state index in [1.54, 1.807) is 0 Å². The lowest BCUT2D eigenvalue weighted by atomic mass is 10.0. The van der Waals surface area contributed by atoms with Crippen LogP contribution in [0.4, 0.5) is 0 Å². The third-order valence-corrected chi connectivity index (χ3v) is 11.3. The van der Waals surface area contributed by atoms with E-state index in [4.69, 9.17) is 13.8 Å². The number of aliphatic imine (C=N–C) groups is 1. The molecule has 0 saturated carbocycles. The first-order valence-corrected chi connectivity index (χ1v) is 18.0. The smallest absolute Gasteiger partial charge is 0.143 e. The molecule has 3 aromatic heterocycles. The number of hydrogen-bond donors (Lipinski definition) is 2. The second-order valence-corrected chi connectivity index (χ2v) is 14.3. The van der Waals surface area contributed by atoms with Gasteiger partial charge < -0.3 is 14.2 Å². The summed E-state index contributed by atoms with van der Waals surface area (Å²) in [5, 5.41) is 14.5. The van der Waals surface area contributed by atoms with Gasteiger partial charge in [0, 0.05) is 52.8 Å². The average Bonchev–Trinajstić information content (AvgIpc) is 3.88. The van der Waals surface area contributed by atoms with Gasteiger partial charge in [-0.05, 0) is 53.1 Å². The Morgan fingerprint density at radius 2 is 1.16 bits per heavy atom. The van der Waals surface area contributed by atoms with Gasteiger partial charge in [-0.15, -0.1) is 11.3 Å². The predicted molar refractivity (Wildman–Crippen MR) is 210 cm³/mol. The van der Waals surface area contributed by atoms with Crippen molar-refractivity contribution in [3.63, 3.8) is 0 Å². The van der Waals surface area contributed by atoms with Gasteiger partial charge in [-0.1, -0.05) is 115 Å². The molecule has 2 unspecified atom stereocenters. The van der Waals surface area contributed by atoms with Gasteiger partial charge in [0.25, 0.3) is 0 Å². The van der Waals surface area contributed by atoms with Crippen LogP contribution in [0.25, 0.3) is 75.2 Å². The van der Waals surface area contributed by atoms with Crippen molar-refractivity contribution in [2.45, 2.75) is 12.3 Å². The summed E-state index contributed by atoms with van der Waals surface area (Å²) in [6, 6.07) is 53.3. The molecular weight excluding hydrogens is 647 g/mol. The first kappa shape index (κ1) is 28.6. The van der Waals surface area contributed by atoms with Crippen LogP contribution in [-0.4, -0.2) is 5.84 Å². The maximum Gasteiger partial charge on any atom is 0.143 e. The molecule has 1 aliphatic heterocycles. The molecule has 11 rings (SSSR count). The lowest BCUT2D eigenvalue weighted by molar-refractivity contribution is 0.409. The zero-order valence-corrected chi connectivity index (χ0v) is 28.1.